The Morgan fingerprint density at radius 3 is 3.00 bits per heavy atom. The zero-order valence-corrected chi connectivity index (χ0v) is 9.45. The summed E-state index contributed by atoms with van der Waals surface area (Å²) in [5.74, 6) is -0.0134. The monoisotopic (exact) mass is 227 g/mol. The van der Waals surface area contributed by atoms with Gasteiger partial charge in [0.15, 0.2) is 0 Å². The van der Waals surface area contributed by atoms with Gasteiger partial charge in [-0.1, -0.05) is 0 Å². The van der Waals surface area contributed by atoms with Crippen molar-refractivity contribution in [3.63, 3.8) is 0 Å². The van der Waals surface area contributed by atoms with Gasteiger partial charge in [-0.2, -0.15) is 0 Å². The third-order valence-corrected chi connectivity index (χ3v) is 3.01. The van der Waals surface area contributed by atoms with Gasteiger partial charge in [0, 0.05) is 11.9 Å². The van der Waals surface area contributed by atoms with Crippen LogP contribution in [0.5, 0.6) is 0 Å². The molecule has 1 heterocycles. The molecule has 1 atom stereocenters. The third-order valence-electron chi connectivity index (χ3n) is 1.73. The summed E-state index contributed by atoms with van der Waals surface area (Å²) in [5, 5.41) is 0.783. The molecule has 0 saturated carbocycles. The van der Waals surface area contributed by atoms with Crippen LogP contribution < -0.4 is 5.73 Å². The minimum atomic E-state index is -0.996. The van der Waals surface area contributed by atoms with E-state index in [1.54, 1.807) is 19.2 Å². The van der Waals surface area contributed by atoms with Crippen molar-refractivity contribution in [2.45, 2.75) is 17.5 Å². The summed E-state index contributed by atoms with van der Waals surface area (Å²) in [6, 6.07) is 1.76. The van der Waals surface area contributed by atoms with Crippen molar-refractivity contribution in [1.82, 2.24) is 9.97 Å². The van der Waals surface area contributed by atoms with Gasteiger partial charge in [0.05, 0.1) is 12.1 Å². The number of carbonyl (C=O) groups is 1. The summed E-state index contributed by atoms with van der Waals surface area (Å²) < 4.78 is 4.59. The fourth-order valence-electron chi connectivity index (χ4n) is 0.880. The molecule has 0 saturated heterocycles. The van der Waals surface area contributed by atoms with E-state index >= 15 is 0 Å². The molecule has 0 aromatic carbocycles. The summed E-state index contributed by atoms with van der Waals surface area (Å²) in [6.45, 7) is 1.63. The lowest BCUT2D eigenvalue weighted by Crippen LogP contribution is -2.48. The number of hydrogen-bond acceptors (Lipinski definition) is 6. The molecule has 6 heteroatoms. The first-order chi connectivity index (χ1) is 7.06. The second-order valence-corrected chi connectivity index (χ2v) is 4.24. The van der Waals surface area contributed by atoms with Crippen LogP contribution in [0.2, 0.25) is 0 Å². The molecule has 0 spiro atoms. The maximum absolute atomic E-state index is 11.3. The van der Waals surface area contributed by atoms with Gasteiger partial charge in [-0.3, -0.25) is 4.79 Å². The number of carbonyl (C=O) groups excluding carboxylic acids is 1. The SMILES string of the molecule is COC(=O)C(C)(N)CSc1ccncn1. The van der Waals surface area contributed by atoms with E-state index in [0.29, 0.717) is 5.75 Å². The van der Waals surface area contributed by atoms with Gasteiger partial charge < -0.3 is 10.5 Å². The van der Waals surface area contributed by atoms with Gasteiger partial charge >= 0.3 is 5.97 Å². The fraction of sp³-hybridized carbons (Fsp3) is 0.444. The molecule has 15 heavy (non-hydrogen) atoms. The summed E-state index contributed by atoms with van der Waals surface area (Å²) in [4.78, 5) is 19.1. The Kier molecular flexibility index (Phi) is 4.05. The van der Waals surface area contributed by atoms with E-state index in [1.807, 2.05) is 0 Å². The number of thioether (sulfide) groups is 1. The maximum Gasteiger partial charge on any atom is 0.326 e. The van der Waals surface area contributed by atoms with Crippen LogP contribution in [0.25, 0.3) is 0 Å². The van der Waals surface area contributed by atoms with Crippen LogP contribution >= 0.6 is 11.8 Å². The Hall–Kier alpha value is -1.14. The predicted molar refractivity (Wildman–Crippen MR) is 57.4 cm³/mol. The topological polar surface area (TPSA) is 78.1 Å². The van der Waals surface area contributed by atoms with Gasteiger partial charge in [-0.25, -0.2) is 9.97 Å². The largest absolute Gasteiger partial charge is 0.468 e. The van der Waals surface area contributed by atoms with Crippen LogP contribution in [0.1, 0.15) is 6.92 Å². The quantitative estimate of drug-likeness (QED) is 0.457. The lowest BCUT2D eigenvalue weighted by Gasteiger charge is -2.20. The van der Waals surface area contributed by atoms with E-state index < -0.39 is 11.5 Å². The minimum Gasteiger partial charge on any atom is -0.468 e. The van der Waals surface area contributed by atoms with Crippen LogP contribution in [0.15, 0.2) is 23.6 Å². The van der Waals surface area contributed by atoms with Crippen molar-refractivity contribution < 1.29 is 9.53 Å². The molecule has 1 aromatic rings. The van der Waals surface area contributed by atoms with Gasteiger partial charge in [0.2, 0.25) is 0 Å². The molecule has 0 aliphatic carbocycles. The third kappa shape index (κ3) is 3.49. The zero-order chi connectivity index (χ0) is 11.3. The number of hydrogen-bond donors (Lipinski definition) is 1. The van der Waals surface area contributed by atoms with Crippen LogP contribution in [0.4, 0.5) is 0 Å². The Labute approximate surface area is 92.4 Å². The highest BCUT2D eigenvalue weighted by Gasteiger charge is 2.29. The molecule has 82 valence electrons. The van der Waals surface area contributed by atoms with Gasteiger partial charge in [0.25, 0.3) is 0 Å². The number of aromatic nitrogens is 2. The van der Waals surface area contributed by atoms with Crippen LogP contribution in [-0.4, -0.2) is 34.3 Å². The van der Waals surface area contributed by atoms with E-state index in [0.717, 1.165) is 5.03 Å². The van der Waals surface area contributed by atoms with Crippen molar-refractivity contribution in [2.24, 2.45) is 5.73 Å². The molecule has 0 bridgehead atoms. The summed E-state index contributed by atoms with van der Waals surface area (Å²) in [5.41, 5.74) is 4.78. The second-order valence-electron chi connectivity index (χ2n) is 3.25. The molecule has 0 amide bonds. The van der Waals surface area contributed by atoms with Crippen molar-refractivity contribution in [2.75, 3.05) is 12.9 Å². The van der Waals surface area contributed by atoms with E-state index in [9.17, 15) is 4.79 Å². The van der Waals surface area contributed by atoms with Crippen molar-refractivity contribution in [3.05, 3.63) is 18.6 Å². The Balaban J connectivity index is 2.53. The number of nitrogens with zero attached hydrogens (tertiary/aromatic N) is 2. The lowest BCUT2D eigenvalue weighted by molar-refractivity contribution is -0.145. The van der Waals surface area contributed by atoms with Crippen LogP contribution in [0.3, 0.4) is 0 Å². The zero-order valence-electron chi connectivity index (χ0n) is 8.64. The van der Waals surface area contributed by atoms with Gasteiger partial charge in [-0.15, -0.1) is 11.8 Å². The number of rotatable bonds is 4. The smallest absolute Gasteiger partial charge is 0.326 e. The molecule has 0 radical (unpaired) electrons. The molecule has 2 N–H and O–H groups in total. The Morgan fingerprint density at radius 2 is 2.47 bits per heavy atom. The first kappa shape index (κ1) is 11.9. The standard InChI is InChI=1S/C9H13N3O2S/c1-9(10,8(13)14-2)5-15-7-3-4-11-6-12-7/h3-4,6H,5,10H2,1-2H3. The van der Waals surface area contributed by atoms with E-state index in [4.69, 9.17) is 5.73 Å². The van der Waals surface area contributed by atoms with Crippen molar-refractivity contribution in [1.29, 1.82) is 0 Å². The van der Waals surface area contributed by atoms with Crippen LogP contribution in [-0.2, 0) is 9.53 Å². The summed E-state index contributed by atoms with van der Waals surface area (Å²) in [7, 11) is 1.32. The molecular weight excluding hydrogens is 214 g/mol. The lowest BCUT2D eigenvalue weighted by atomic mass is 10.1. The molecule has 1 unspecified atom stereocenters. The highest BCUT2D eigenvalue weighted by atomic mass is 32.2. The Bertz CT molecular complexity index is 329. The molecule has 0 aliphatic rings. The average molecular weight is 227 g/mol. The number of methoxy groups -OCH3 is 1. The van der Waals surface area contributed by atoms with Crippen molar-refractivity contribution in [3.8, 4) is 0 Å². The molecule has 1 rings (SSSR count). The highest BCUT2D eigenvalue weighted by Crippen LogP contribution is 2.19. The van der Waals surface area contributed by atoms with Crippen molar-refractivity contribution >= 4 is 17.7 Å². The summed E-state index contributed by atoms with van der Waals surface area (Å²) in [6.07, 6.45) is 3.09. The number of nitrogens with two attached hydrogens (primary N) is 1. The summed E-state index contributed by atoms with van der Waals surface area (Å²) >= 11 is 1.39. The Morgan fingerprint density at radius 1 is 1.73 bits per heavy atom. The average Bonchev–Trinajstić information content (AvgIpc) is 2.27. The second kappa shape index (κ2) is 5.09. The molecule has 5 nitrogen and oxygen atoms in total. The highest BCUT2D eigenvalue weighted by molar-refractivity contribution is 7.99. The minimum absolute atomic E-state index is 0.413. The van der Waals surface area contributed by atoms with E-state index in [-0.39, 0.29) is 0 Å². The molecule has 0 aliphatic heterocycles. The fourth-order valence-corrected chi connectivity index (χ4v) is 1.72. The molecule has 0 fully saturated rings. The van der Waals surface area contributed by atoms with E-state index in [1.165, 1.54) is 25.2 Å². The molecular formula is C9H13N3O2S. The van der Waals surface area contributed by atoms with Gasteiger partial charge in [0.1, 0.15) is 11.9 Å². The predicted octanol–water partition coefficient (Wildman–Crippen LogP) is 0.459. The van der Waals surface area contributed by atoms with Crippen LogP contribution in [0, 0.1) is 0 Å². The first-order valence-electron chi connectivity index (χ1n) is 4.32. The van der Waals surface area contributed by atoms with E-state index in [2.05, 4.69) is 14.7 Å². The van der Waals surface area contributed by atoms with Gasteiger partial charge in [-0.05, 0) is 13.0 Å². The maximum atomic E-state index is 11.3. The molecule has 1 aromatic heterocycles. The number of ether oxygens (including phenoxy) is 1. The normalized spacial score (nSPS) is 14.3. The number of esters is 1. The first-order valence-corrected chi connectivity index (χ1v) is 5.31.